The second-order valence-electron chi connectivity index (χ2n) is 5.89. The Morgan fingerprint density at radius 3 is 2.88 bits per heavy atom. The van der Waals surface area contributed by atoms with E-state index in [0.29, 0.717) is 17.3 Å². The summed E-state index contributed by atoms with van der Waals surface area (Å²) in [6, 6.07) is 5.03. The predicted molar refractivity (Wildman–Crippen MR) is 97.3 cm³/mol. The summed E-state index contributed by atoms with van der Waals surface area (Å²) in [6.07, 6.45) is 4.18. The zero-order valence-electron chi connectivity index (χ0n) is 13.1. The molecule has 5 nitrogen and oxygen atoms in total. The lowest BCUT2D eigenvalue weighted by Crippen LogP contribution is -2.09. The van der Waals surface area contributed by atoms with Gasteiger partial charge in [0, 0.05) is 23.5 Å². The van der Waals surface area contributed by atoms with E-state index in [-0.39, 0.29) is 15.7 Å². The molecule has 1 saturated heterocycles. The molecule has 3 heterocycles. The quantitative estimate of drug-likeness (QED) is 0.666. The summed E-state index contributed by atoms with van der Waals surface area (Å²) in [7, 11) is 0. The van der Waals surface area contributed by atoms with Crippen LogP contribution in [0.25, 0.3) is 10.9 Å². The van der Waals surface area contributed by atoms with E-state index < -0.39 is 5.82 Å². The van der Waals surface area contributed by atoms with Crippen molar-refractivity contribution in [1.82, 2.24) is 20.3 Å². The van der Waals surface area contributed by atoms with Crippen LogP contribution >= 0.6 is 23.2 Å². The summed E-state index contributed by atoms with van der Waals surface area (Å²) < 4.78 is 14.3. The standard InChI is InChI=1S/C17H14Cl2FN5/c18-11-1-2-12(16(20)15(11)19)25-17-10-5-13(9-3-4-21-6-9)22-7-14(10)23-8-24-17/h1-2,5,7-9,21H,3-4,6H2,(H,23,24,25)/t9-/m0/s1. The van der Waals surface area contributed by atoms with Crippen molar-refractivity contribution < 1.29 is 4.39 Å². The Balaban J connectivity index is 1.76. The van der Waals surface area contributed by atoms with Crippen LogP contribution in [0.4, 0.5) is 15.9 Å². The summed E-state index contributed by atoms with van der Waals surface area (Å²) in [5.74, 6) is 0.242. The average Bonchev–Trinajstić information content (AvgIpc) is 3.17. The van der Waals surface area contributed by atoms with Crippen molar-refractivity contribution in [3.05, 3.63) is 52.3 Å². The lowest BCUT2D eigenvalue weighted by molar-refractivity contribution is 0.632. The predicted octanol–water partition coefficient (Wildman–Crippen LogP) is 4.29. The Hall–Kier alpha value is -2.02. The van der Waals surface area contributed by atoms with Gasteiger partial charge < -0.3 is 10.6 Å². The molecule has 1 atom stereocenters. The zero-order valence-corrected chi connectivity index (χ0v) is 14.6. The molecule has 1 aliphatic rings. The summed E-state index contributed by atoms with van der Waals surface area (Å²) in [6.45, 7) is 1.88. The molecule has 0 amide bonds. The number of benzene rings is 1. The van der Waals surface area contributed by atoms with Crippen LogP contribution in [0, 0.1) is 5.82 Å². The molecule has 0 radical (unpaired) electrons. The second-order valence-corrected chi connectivity index (χ2v) is 6.67. The Kier molecular flexibility index (Phi) is 4.41. The summed E-state index contributed by atoms with van der Waals surface area (Å²) in [5, 5.41) is 7.14. The molecule has 25 heavy (non-hydrogen) atoms. The fourth-order valence-corrected chi connectivity index (χ4v) is 3.27. The number of rotatable bonds is 3. The number of halogens is 3. The molecule has 0 saturated carbocycles. The van der Waals surface area contributed by atoms with E-state index in [9.17, 15) is 4.39 Å². The van der Waals surface area contributed by atoms with E-state index >= 15 is 0 Å². The van der Waals surface area contributed by atoms with Crippen molar-refractivity contribution in [2.24, 2.45) is 0 Å². The van der Waals surface area contributed by atoms with Gasteiger partial charge in [0.15, 0.2) is 5.82 Å². The maximum Gasteiger partial charge on any atom is 0.166 e. The minimum absolute atomic E-state index is 0.121. The monoisotopic (exact) mass is 377 g/mol. The topological polar surface area (TPSA) is 62.7 Å². The van der Waals surface area contributed by atoms with Gasteiger partial charge in [0.2, 0.25) is 0 Å². The first-order chi connectivity index (χ1) is 12.1. The molecular weight excluding hydrogens is 364 g/mol. The minimum atomic E-state index is -0.616. The van der Waals surface area contributed by atoms with Crippen molar-refractivity contribution in [3.63, 3.8) is 0 Å². The third kappa shape index (κ3) is 3.13. The Morgan fingerprint density at radius 1 is 1.20 bits per heavy atom. The van der Waals surface area contributed by atoms with Crippen molar-refractivity contribution >= 4 is 45.6 Å². The summed E-state index contributed by atoms with van der Waals surface area (Å²) in [4.78, 5) is 13.0. The molecule has 0 bridgehead atoms. The molecule has 2 N–H and O–H groups in total. The molecule has 1 aromatic carbocycles. The Morgan fingerprint density at radius 2 is 2.08 bits per heavy atom. The average molecular weight is 378 g/mol. The van der Waals surface area contributed by atoms with Crippen molar-refractivity contribution in [1.29, 1.82) is 0 Å². The van der Waals surface area contributed by atoms with Crippen molar-refractivity contribution in [2.75, 3.05) is 18.4 Å². The number of anilines is 2. The van der Waals surface area contributed by atoms with Crippen LogP contribution in [0.15, 0.2) is 30.7 Å². The molecular formula is C17H14Cl2FN5. The number of hydrogen-bond acceptors (Lipinski definition) is 5. The largest absolute Gasteiger partial charge is 0.337 e. The van der Waals surface area contributed by atoms with Crippen LogP contribution in [-0.2, 0) is 0 Å². The van der Waals surface area contributed by atoms with E-state index in [1.165, 1.54) is 18.5 Å². The molecule has 128 valence electrons. The molecule has 3 aromatic rings. The number of nitrogens with one attached hydrogen (secondary N) is 2. The zero-order chi connectivity index (χ0) is 17.4. The highest BCUT2D eigenvalue weighted by molar-refractivity contribution is 6.42. The van der Waals surface area contributed by atoms with Gasteiger partial charge in [-0.1, -0.05) is 23.2 Å². The van der Waals surface area contributed by atoms with Gasteiger partial charge in [0.25, 0.3) is 0 Å². The maximum absolute atomic E-state index is 14.3. The van der Waals surface area contributed by atoms with Gasteiger partial charge in [0.1, 0.15) is 12.1 Å². The lowest BCUT2D eigenvalue weighted by atomic mass is 10.0. The SMILES string of the molecule is Fc1c(Nc2ncnc3cnc([C@H]4CCNC4)cc23)ccc(Cl)c1Cl. The molecule has 0 aliphatic carbocycles. The highest BCUT2D eigenvalue weighted by Gasteiger charge is 2.19. The van der Waals surface area contributed by atoms with Crippen molar-refractivity contribution in [3.8, 4) is 0 Å². The van der Waals surface area contributed by atoms with Crippen LogP contribution < -0.4 is 10.6 Å². The van der Waals surface area contributed by atoms with Crippen LogP contribution in [-0.4, -0.2) is 28.0 Å². The molecule has 2 aromatic heterocycles. The molecule has 0 unspecified atom stereocenters. The van der Waals surface area contributed by atoms with Crippen molar-refractivity contribution in [2.45, 2.75) is 12.3 Å². The highest BCUT2D eigenvalue weighted by Crippen LogP contribution is 2.33. The van der Waals surface area contributed by atoms with Gasteiger partial charge in [-0.05, 0) is 31.2 Å². The molecule has 8 heteroatoms. The second kappa shape index (κ2) is 6.71. The van der Waals surface area contributed by atoms with Crippen LogP contribution in [0.5, 0.6) is 0 Å². The van der Waals surface area contributed by atoms with Crippen LogP contribution in [0.3, 0.4) is 0 Å². The van der Waals surface area contributed by atoms with E-state index in [1.54, 1.807) is 6.20 Å². The molecule has 1 fully saturated rings. The Labute approximate surface area is 153 Å². The Bertz CT molecular complexity index is 944. The first-order valence-electron chi connectivity index (χ1n) is 7.85. The van der Waals surface area contributed by atoms with Gasteiger partial charge in [-0.3, -0.25) is 4.98 Å². The number of hydrogen-bond donors (Lipinski definition) is 2. The third-order valence-corrected chi connectivity index (χ3v) is 5.09. The van der Waals surface area contributed by atoms with E-state index in [1.807, 2.05) is 6.07 Å². The number of pyridine rings is 1. The number of nitrogens with zero attached hydrogens (tertiary/aromatic N) is 3. The molecule has 0 spiro atoms. The first-order valence-corrected chi connectivity index (χ1v) is 8.61. The van der Waals surface area contributed by atoms with Gasteiger partial charge in [-0.15, -0.1) is 0 Å². The maximum atomic E-state index is 14.3. The van der Waals surface area contributed by atoms with Crippen LogP contribution in [0.2, 0.25) is 10.0 Å². The number of fused-ring (bicyclic) bond motifs is 1. The highest BCUT2D eigenvalue weighted by atomic mass is 35.5. The first kappa shape index (κ1) is 16.4. The number of aromatic nitrogens is 3. The minimum Gasteiger partial charge on any atom is -0.337 e. The van der Waals surface area contributed by atoms with Gasteiger partial charge in [-0.2, -0.15) is 0 Å². The fourth-order valence-electron chi connectivity index (χ4n) is 2.96. The van der Waals surface area contributed by atoms with E-state index in [0.717, 1.165) is 30.6 Å². The smallest absolute Gasteiger partial charge is 0.166 e. The molecule has 1 aliphatic heterocycles. The van der Waals surface area contributed by atoms with Gasteiger partial charge in [-0.25, -0.2) is 14.4 Å². The van der Waals surface area contributed by atoms with E-state index in [4.69, 9.17) is 23.2 Å². The molecule has 4 rings (SSSR count). The third-order valence-electron chi connectivity index (χ3n) is 4.31. The normalized spacial score (nSPS) is 17.2. The van der Waals surface area contributed by atoms with Gasteiger partial charge in [0.05, 0.1) is 27.4 Å². The van der Waals surface area contributed by atoms with E-state index in [2.05, 4.69) is 25.6 Å². The summed E-state index contributed by atoms with van der Waals surface area (Å²) >= 11 is 11.7. The van der Waals surface area contributed by atoms with Crippen LogP contribution in [0.1, 0.15) is 18.0 Å². The van der Waals surface area contributed by atoms with Gasteiger partial charge >= 0.3 is 0 Å². The fraction of sp³-hybridized carbons (Fsp3) is 0.235. The summed E-state index contributed by atoms with van der Waals surface area (Å²) in [5.41, 5.74) is 1.87. The lowest BCUT2D eigenvalue weighted by Gasteiger charge is -2.12.